The number of ether oxygens (including phenoxy) is 3. The van der Waals surface area contributed by atoms with Crippen LogP contribution in [0.3, 0.4) is 0 Å². The second kappa shape index (κ2) is 11.6. The van der Waals surface area contributed by atoms with Gasteiger partial charge in [0.25, 0.3) is 5.91 Å². The highest BCUT2D eigenvalue weighted by atomic mass is 32.2. The molecule has 0 aliphatic rings. The number of nitrogens with zero attached hydrogens (tertiary/aromatic N) is 2. The number of anilines is 1. The topological polar surface area (TPSA) is 107 Å². The molecule has 180 valence electrons. The van der Waals surface area contributed by atoms with Crippen LogP contribution in [0.5, 0.6) is 17.2 Å². The van der Waals surface area contributed by atoms with Crippen LogP contribution < -0.4 is 23.9 Å². The van der Waals surface area contributed by atoms with Crippen LogP contribution in [0.1, 0.15) is 32.8 Å². The number of benzene rings is 2. The first-order valence-corrected chi connectivity index (χ1v) is 12.3. The van der Waals surface area contributed by atoms with E-state index in [1.807, 2.05) is 19.9 Å². The molecule has 1 amide bonds. The molecule has 2 aromatic carbocycles. The molecule has 0 saturated heterocycles. The number of amides is 1. The molecule has 0 saturated carbocycles. The first-order valence-electron chi connectivity index (χ1n) is 10.5. The fraction of sp³-hybridized carbons (Fsp3) is 0.391. The Kier molecular flexibility index (Phi) is 9.10. The van der Waals surface area contributed by atoms with Gasteiger partial charge in [-0.3, -0.25) is 9.10 Å². The van der Waals surface area contributed by atoms with Gasteiger partial charge in [0.1, 0.15) is 11.8 Å². The van der Waals surface area contributed by atoms with Crippen molar-refractivity contribution >= 4 is 27.3 Å². The quantitative estimate of drug-likeness (QED) is 0.394. The number of hydrogen-bond donors (Lipinski definition) is 1. The Labute approximate surface area is 195 Å². The van der Waals surface area contributed by atoms with Crippen LogP contribution in [0.25, 0.3) is 0 Å². The molecule has 0 spiro atoms. The monoisotopic (exact) mass is 477 g/mol. The maximum absolute atomic E-state index is 12.9. The second-order valence-electron chi connectivity index (χ2n) is 7.12. The molecule has 0 bridgehead atoms. The highest BCUT2D eigenvalue weighted by Gasteiger charge is 2.29. The van der Waals surface area contributed by atoms with Gasteiger partial charge in [0.15, 0.2) is 11.5 Å². The van der Waals surface area contributed by atoms with E-state index in [2.05, 4.69) is 10.5 Å². The summed E-state index contributed by atoms with van der Waals surface area (Å²) in [6.07, 6.45) is 1.58. The third kappa shape index (κ3) is 6.61. The fourth-order valence-corrected chi connectivity index (χ4v) is 4.42. The summed E-state index contributed by atoms with van der Waals surface area (Å²) in [4.78, 5) is 12.9. The Balaban J connectivity index is 2.27. The van der Waals surface area contributed by atoms with E-state index in [-0.39, 0.29) is 0 Å². The molecular formula is C23H31N3O6S. The van der Waals surface area contributed by atoms with E-state index in [9.17, 15) is 13.2 Å². The number of carbonyl (C=O) groups is 1. The number of rotatable bonds is 11. The van der Waals surface area contributed by atoms with Gasteiger partial charge in [-0.05, 0) is 62.7 Å². The van der Waals surface area contributed by atoms with Crippen molar-refractivity contribution in [3.8, 4) is 17.2 Å². The predicted octanol–water partition coefficient (Wildman–Crippen LogP) is 3.19. The molecule has 0 aromatic heterocycles. The van der Waals surface area contributed by atoms with Crippen molar-refractivity contribution < 1.29 is 27.4 Å². The predicted molar refractivity (Wildman–Crippen MR) is 129 cm³/mol. The van der Waals surface area contributed by atoms with Gasteiger partial charge in [-0.25, -0.2) is 13.8 Å². The van der Waals surface area contributed by atoms with Crippen molar-refractivity contribution in [3.63, 3.8) is 0 Å². The van der Waals surface area contributed by atoms with E-state index >= 15 is 0 Å². The second-order valence-corrected chi connectivity index (χ2v) is 8.98. The lowest BCUT2D eigenvalue weighted by atomic mass is 10.1. The third-order valence-corrected chi connectivity index (χ3v) is 6.09. The smallest absolute Gasteiger partial charge is 0.263 e. The lowest BCUT2D eigenvalue weighted by molar-refractivity contribution is -0.121. The normalized spacial score (nSPS) is 12.6. The van der Waals surface area contributed by atoms with E-state index in [1.54, 1.807) is 43.5 Å². The highest BCUT2D eigenvalue weighted by Crippen LogP contribution is 2.28. The molecule has 9 nitrogen and oxygen atoms in total. The number of nitrogens with one attached hydrogen (secondary N) is 1. The maximum atomic E-state index is 12.9. The summed E-state index contributed by atoms with van der Waals surface area (Å²) < 4.78 is 42.0. The third-order valence-electron chi connectivity index (χ3n) is 4.84. The molecule has 0 heterocycles. The van der Waals surface area contributed by atoms with Gasteiger partial charge in [0.2, 0.25) is 10.0 Å². The fourth-order valence-electron chi connectivity index (χ4n) is 3.24. The van der Waals surface area contributed by atoms with Crippen molar-refractivity contribution in [1.29, 1.82) is 0 Å². The van der Waals surface area contributed by atoms with E-state index in [0.29, 0.717) is 41.7 Å². The van der Waals surface area contributed by atoms with Crippen LogP contribution in [0.15, 0.2) is 47.6 Å². The van der Waals surface area contributed by atoms with Crippen molar-refractivity contribution in [2.75, 3.05) is 31.4 Å². The maximum Gasteiger partial charge on any atom is 0.263 e. The zero-order valence-corrected chi connectivity index (χ0v) is 20.6. The van der Waals surface area contributed by atoms with Crippen LogP contribution in [0.2, 0.25) is 0 Å². The van der Waals surface area contributed by atoms with Gasteiger partial charge in [-0.15, -0.1) is 0 Å². The number of hydrazone groups is 1. The zero-order valence-electron chi connectivity index (χ0n) is 19.8. The van der Waals surface area contributed by atoms with E-state index < -0.39 is 22.0 Å². The molecule has 0 aliphatic heterocycles. The van der Waals surface area contributed by atoms with E-state index in [1.165, 1.54) is 14.0 Å². The molecule has 0 fully saturated rings. The van der Waals surface area contributed by atoms with Gasteiger partial charge in [0.05, 0.1) is 38.5 Å². The SMILES string of the molecule is CCOc1ccc(N([C@H](C)C(=O)NN=C(CC)c2ccc(OC)c(OC)c2)S(C)(=O)=O)cc1. The number of sulfonamides is 1. The van der Waals surface area contributed by atoms with Crippen molar-refractivity contribution in [1.82, 2.24) is 5.43 Å². The van der Waals surface area contributed by atoms with Crippen molar-refractivity contribution in [2.45, 2.75) is 33.2 Å². The molecule has 0 aliphatic carbocycles. The van der Waals surface area contributed by atoms with Crippen molar-refractivity contribution in [2.24, 2.45) is 5.10 Å². The molecule has 0 radical (unpaired) electrons. The molecule has 0 unspecified atom stereocenters. The van der Waals surface area contributed by atoms with Crippen LogP contribution >= 0.6 is 0 Å². The summed E-state index contributed by atoms with van der Waals surface area (Å²) in [7, 11) is -0.664. The molecule has 10 heteroatoms. The minimum atomic E-state index is -3.75. The lowest BCUT2D eigenvalue weighted by Gasteiger charge is -2.27. The Morgan fingerprint density at radius 2 is 1.70 bits per heavy atom. The summed E-state index contributed by atoms with van der Waals surface area (Å²) in [5.74, 6) is 1.16. The minimum absolute atomic E-state index is 0.350. The number of hydrogen-bond acceptors (Lipinski definition) is 7. The standard InChI is InChI=1S/C23H31N3O6S/c1-7-20(17-9-14-21(30-4)22(15-17)31-5)24-25-23(27)16(3)26(33(6,28)29)18-10-12-19(13-11-18)32-8-2/h9-16H,7-8H2,1-6H3,(H,25,27)/t16-/m1/s1. The largest absolute Gasteiger partial charge is 0.494 e. The first kappa shape index (κ1) is 26.0. The van der Waals surface area contributed by atoms with E-state index in [0.717, 1.165) is 16.1 Å². The van der Waals surface area contributed by atoms with E-state index in [4.69, 9.17) is 14.2 Å². The molecule has 2 rings (SSSR count). The summed E-state index contributed by atoms with van der Waals surface area (Å²) in [6.45, 7) is 5.75. The van der Waals surface area contributed by atoms with Crippen LogP contribution in [0, 0.1) is 0 Å². The summed E-state index contributed by atoms with van der Waals surface area (Å²) in [5, 5.41) is 4.24. The minimum Gasteiger partial charge on any atom is -0.494 e. The van der Waals surface area contributed by atoms with Gasteiger partial charge in [-0.1, -0.05) is 6.92 Å². The summed E-state index contributed by atoms with van der Waals surface area (Å²) >= 11 is 0. The average molecular weight is 478 g/mol. The molecular weight excluding hydrogens is 446 g/mol. The molecule has 1 atom stereocenters. The average Bonchev–Trinajstić information content (AvgIpc) is 2.79. The number of carbonyl (C=O) groups excluding carboxylic acids is 1. The van der Waals surface area contributed by atoms with Crippen LogP contribution in [0.4, 0.5) is 5.69 Å². The van der Waals surface area contributed by atoms with Crippen LogP contribution in [-0.2, 0) is 14.8 Å². The zero-order chi connectivity index (χ0) is 24.6. The van der Waals surface area contributed by atoms with Gasteiger partial charge >= 0.3 is 0 Å². The molecule has 2 aromatic rings. The van der Waals surface area contributed by atoms with Crippen molar-refractivity contribution in [3.05, 3.63) is 48.0 Å². The Hall–Kier alpha value is -3.27. The summed E-state index contributed by atoms with van der Waals surface area (Å²) in [5.41, 5.74) is 4.19. The van der Waals surface area contributed by atoms with Gasteiger partial charge in [-0.2, -0.15) is 5.10 Å². The number of methoxy groups -OCH3 is 2. The Morgan fingerprint density at radius 1 is 1.06 bits per heavy atom. The first-order chi connectivity index (χ1) is 15.7. The molecule has 1 N–H and O–H groups in total. The summed E-state index contributed by atoms with van der Waals surface area (Å²) in [6, 6.07) is 10.8. The lowest BCUT2D eigenvalue weighted by Crippen LogP contribution is -2.47. The van der Waals surface area contributed by atoms with Gasteiger partial charge < -0.3 is 14.2 Å². The Morgan fingerprint density at radius 3 is 2.21 bits per heavy atom. The Bertz CT molecular complexity index is 1080. The highest BCUT2D eigenvalue weighted by molar-refractivity contribution is 7.92. The van der Waals surface area contributed by atoms with Crippen LogP contribution in [-0.4, -0.2) is 53.2 Å². The molecule has 33 heavy (non-hydrogen) atoms. The van der Waals surface area contributed by atoms with Gasteiger partial charge in [0, 0.05) is 5.56 Å².